The van der Waals surface area contributed by atoms with Crippen molar-refractivity contribution >= 4 is 17.7 Å². The fourth-order valence-corrected chi connectivity index (χ4v) is 5.36. The maximum atomic E-state index is 13.2. The average molecular weight is 519 g/mol. The zero-order valence-corrected chi connectivity index (χ0v) is 21.3. The molecule has 2 aromatic heterocycles. The number of imide groups is 1. The van der Waals surface area contributed by atoms with Gasteiger partial charge in [0.05, 0.1) is 19.4 Å². The summed E-state index contributed by atoms with van der Waals surface area (Å²) in [6.07, 6.45) is 3.71. The van der Waals surface area contributed by atoms with E-state index < -0.39 is 17.2 Å². The Morgan fingerprint density at radius 1 is 0.974 bits per heavy atom. The number of benzene rings is 2. The topological polar surface area (TPSA) is 107 Å². The maximum Gasteiger partial charge on any atom is 0.254 e. The van der Waals surface area contributed by atoms with E-state index in [0.717, 1.165) is 22.5 Å². The van der Waals surface area contributed by atoms with Crippen LogP contribution in [0.4, 0.5) is 0 Å². The minimum absolute atomic E-state index is 0.00279. The maximum absolute atomic E-state index is 13.2. The van der Waals surface area contributed by atoms with Crippen molar-refractivity contribution in [3.05, 3.63) is 113 Å². The molecule has 2 aliphatic heterocycles. The lowest BCUT2D eigenvalue weighted by Gasteiger charge is -2.25. The van der Waals surface area contributed by atoms with E-state index >= 15 is 0 Å². The number of hydrogen-bond acceptors (Lipinski definition) is 4. The van der Waals surface area contributed by atoms with E-state index in [2.05, 4.69) is 27.1 Å². The number of fused-ring (bicyclic) bond motifs is 1. The minimum atomic E-state index is -1.32. The quantitative estimate of drug-likeness (QED) is 0.268. The molecule has 1 saturated heterocycles. The van der Waals surface area contributed by atoms with E-state index in [9.17, 15) is 14.4 Å². The number of ether oxygens (including phenoxy) is 1. The lowest BCUT2D eigenvalue weighted by atomic mass is 9.85. The summed E-state index contributed by atoms with van der Waals surface area (Å²) < 4.78 is 5.25. The summed E-state index contributed by atoms with van der Waals surface area (Å²) in [6, 6.07) is 21.2. The molecule has 0 unspecified atom stereocenters. The molecule has 39 heavy (non-hydrogen) atoms. The normalized spacial score (nSPS) is 18.2. The summed E-state index contributed by atoms with van der Waals surface area (Å²) in [5, 5.41) is 2.38. The minimum Gasteiger partial charge on any atom is -0.497 e. The van der Waals surface area contributed by atoms with Gasteiger partial charge >= 0.3 is 0 Å². The van der Waals surface area contributed by atoms with Gasteiger partial charge in [0.1, 0.15) is 11.2 Å². The third kappa shape index (κ3) is 4.48. The molecule has 8 nitrogen and oxygen atoms in total. The highest BCUT2D eigenvalue weighted by Gasteiger charge is 2.48. The van der Waals surface area contributed by atoms with Gasteiger partial charge in [-0.15, -0.1) is 0 Å². The SMILES string of the molecule is COc1ccc2c(c1)C(=O)N(C[C@@]1(C#Cc3ccc(C(c4ccc[nH]4)c4ccc[nH]4)cc3)CC(=O)NC1=O)C2. The number of hydrogen-bond donors (Lipinski definition) is 3. The third-order valence-corrected chi connectivity index (χ3v) is 7.36. The van der Waals surface area contributed by atoms with Gasteiger partial charge in [-0.1, -0.05) is 30.0 Å². The number of carbonyl (C=O) groups is 3. The summed E-state index contributed by atoms with van der Waals surface area (Å²) in [7, 11) is 1.55. The van der Waals surface area contributed by atoms with Gasteiger partial charge in [0.25, 0.3) is 5.91 Å². The molecular weight excluding hydrogens is 492 g/mol. The van der Waals surface area contributed by atoms with Crippen LogP contribution in [0.2, 0.25) is 0 Å². The molecule has 1 atom stereocenters. The predicted octanol–water partition coefficient (Wildman–Crippen LogP) is 3.57. The smallest absolute Gasteiger partial charge is 0.254 e. The van der Waals surface area contributed by atoms with Crippen LogP contribution in [0.15, 0.2) is 79.1 Å². The van der Waals surface area contributed by atoms with Gasteiger partial charge in [-0.3, -0.25) is 19.7 Å². The number of amides is 3. The van der Waals surface area contributed by atoms with Crippen molar-refractivity contribution in [3.8, 4) is 17.6 Å². The monoisotopic (exact) mass is 518 g/mol. The molecule has 0 radical (unpaired) electrons. The standard InChI is InChI=1S/C31H26N4O4/c1-39-23-11-10-22-18-35(29(37)24(22)16-23)19-31(17-27(36)34-30(31)38)13-12-20-6-8-21(9-7-20)28(25-4-2-14-32-25)26-5-3-15-33-26/h2-11,14-16,28,32-33H,17-19H2,1H3,(H,34,36,38)/t31-/m1/s1. The number of carbonyl (C=O) groups excluding carboxylic acids is 3. The van der Waals surface area contributed by atoms with E-state index in [1.807, 2.05) is 67.0 Å². The third-order valence-electron chi connectivity index (χ3n) is 7.36. The Hall–Kier alpha value is -5.03. The lowest BCUT2D eigenvalue weighted by molar-refractivity contribution is -0.127. The lowest BCUT2D eigenvalue weighted by Crippen LogP contribution is -2.42. The zero-order chi connectivity index (χ0) is 27.0. The first-order chi connectivity index (χ1) is 19.0. The summed E-state index contributed by atoms with van der Waals surface area (Å²) in [5.41, 5.74) is 3.97. The highest BCUT2D eigenvalue weighted by molar-refractivity contribution is 6.08. The fourth-order valence-electron chi connectivity index (χ4n) is 5.36. The molecule has 2 aliphatic rings. The van der Waals surface area contributed by atoms with Crippen molar-refractivity contribution in [1.82, 2.24) is 20.2 Å². The van der Waals surface area contributed by atoms with Crippen molar-refractivity contribution < 1.29 is 19.1 Å². The van der Waals surface area contributed by atoms with Crippen molar-refractivity contribution in [2.75, 3.05) is 13.7 Å². The molecule has 6 rings (SSSR count). The van der Waals surface area contributed by atoms with Crippen molar-refractivity contribution in [2.24, 2.45) is 5.41 Å². The first-order valence-electron chi connectivity index (χ1n) is 12.7. The van der Waals surface area contributed by atoms with Crippen LogP contribution in [0.3, 0.4) is 0 Å². The van der Waals surface area contributed by atoms with Crippen molar-refractivity contribution in [3.63, 3.8) is 0 Å². The van der Waals surface area contributed by atoms with Crippen LogP contribution in [0.1, 0.15) is 50.8 Å². The zero-order valence-electron chi connectivity index (χ0n) is 21.3. The summed E-state index contributed by atoms with van der Waals surface area (Å²) >= 11 is 0. The molecule has 4 aromatic rings. The fraction of sp³-hybridized carbons (Fsp3) is 0.194. The number of rotatable bonds is 6. The highest BCUT2D eigenvalue weighted by atomic mass is 16.5. The number of nitrogens with one attached hydrogen (secondary N) is 3. The van der Waals surface area contributed by atoms with Gasteiger partial charge in [-0.05, 0) is 59.7 Å². The van der Waals surface area contributed by atoms with Gasteiger partial charge < -0.3 is 19.6 Å². The molecule has 0 aliphatic carbocycles. The van der Waals surface area contributed by atoms with Gasteiger partial charge in [-0.25, -0.2) is 0 Å². The van der Waals surface area contributed by atoms with Gasteiger partial charge in [0.15, 0.2) is 0 Å². The van der Waals surface area contributed by atoms with Crippen LogP contribution in [0.25, 0.3) is 0 Å². The molecule has 3 N–H and O–H groups in total. The molecule has 4 heterocycles. The Kier molecular flexibility index (Phi) is 6.04. The Balaban J connectivity index is 1.27. The summed E-state index contributed by atoms with van der Waals surface area (Å²) in [4.78, 5) is 46.6. The molecule has 0 bridgehead atoms. The molecule has 0 saturated carbocycles. The van der Waals surface area contributed by atoms with Crippen LogP contribution >= 0.6 is 0 Å². The highest BCUT2D eigenvalue weighted by Crippen LogP contribution is 2.34. The second-order valence-electron chi connectivity index (χ2n) is 9.88. The van der Waals surface area contributed by atoms with Crippen molar-refractivity contribution in [2.45, 2.75) is 18.9 Å². The number of nitrogens with zero attached hydrogens (tertiary/aromatic N) is 1. The van der Waals surface area contributed by atoms with Crippen LogP contribution in [0, 0.1) is 17.3 Å². The summed E-state index contributed by atoms with van der Waals surface area (Å²) in [5.74, 6) is 5.70. The largest absolute Gasteiger partial charge is 0.497 e. The predicted molar refractivity (Wildman–Crippen MR) is 144 cm³/mol. The Labute approximate surface area is 225 Å². The second-order valence-corrected chi connectivity index (χ2v) is 9.88. The van der Waals surface area contributed by atoms with Crippen molar-refractivity contribution in [1.29, 1.82) is 0 Å². The van der Waals surface area contributed by atoms with E-state index in [4.69, 9.17) is 4.74 Å². The second kappa shape index (κ2) is 9.69. The van der Waals surface area contributed by atoms with E-state index in [-0.39, 0.29) is 24.8 Å². The molecule has 2 aromatic carbocycles. The average Bonchev–Trinajstić information content (AvgIpc) is 3.75. The van der Waals surface area contributed by atoms with Crippen LogP contribution in [0.5, 0.6) is 5.75 Å². The molecule has 3 amide bonds. The van der Waals surface area contributed by atoms with Crippen LogP contribution in [-0.4, -0.2) is 46.2 Å². The summed E-state index contributed by atoms with van der Waals surface area (Å²) in [6.45, 7) is 0.365. The van der Waals surface area contributed by atoms with Crippen LogP contribution < -0.4 is 10.1 Å². The van der Waals surface area contributed by atoms with Gasteiger partial charge in [0.2, 0.25) is 11.8 Å². The van der Waals surface area contributed by atoms with E-state index in [1.165, 1.54) is 0 Å². The number of H-pyrrole nitrogens is 2. The van der Waals surface area contributed by atoms with E-state index in [0.29, 0.717) is 23.4 Å². The van der Waals surface area contributed by atoms with Crippen LogP contribution in [-0.2, 0) is 16.1 Å². The van der Waals surface area contributed by atoms with E-state index in [1.54, 1.807) is 24.1 Å². The van der Waals surface area contributed by atoms with Gasteiger partial charge in [-0.2, -0.15) is 0 Å². The first-order valence-corrected chi connectivity index (χ1v) is 12.7. The Morgan fingerprint density at radius 3 is 2.28 bits per heavy atom. The number of methoxy groups -OCH3 is 1. The Bertz CT molecular complexity index is 1580. The molecular formula is C31H26N4O4. The number of aromatic nitrogens is 2. The molecule has 1 fully saturated rings. The van der Waals surface area contributed by atoms with Gasteiger partial charge in [0, 0.05) is 48.0 Å². The molecule has 194 valence electrons. The number of aromatic amines is 2. The first kappa shape index (κ1) is 24.3. The molecule has 8 heteroatoms. The Morgan fingerprint density at radius 2 is 1.69 bits per heavy atom. The molecule has 0 spiro atoms.